The topological polar surface area (TPSA) is 62.2 Å². The summed E-state index contributed by atoms with van der Waals surface area (Å²) >= 11 is 7.68. The standard InChI is InChI=1S/C21H24ClN5OS/c22-17-5-7-18(8-6-17)27-15-16(13-25-27)12-23-21(28)24-14-19(20-4-3-11-29-20)26-9-1-2-10-26/h3-8,11,13,15,19H,1-2,9-10,12,14H2,(H2,23,24,28). The van der Waals surface area contributed by atoms with Crippen molar-refractivity contribution in [2.75, 3.05) is 19.6 Å². The molecule has 1 aliphatic rings. The number of nitrogens with one attached hydrogen (secondary N) is 2. The highest BCUT2D eigenvalue weighted by atomic mass is 35.5. The number of benzene rings is 1. The van der Waals surface area contributed by atoms with Crippen molar-refractivity contribution >= 4 is 29.0 Å². The Morgan fingerprint density at radius 2 is 1.97 bits per heavy atom. The Morgan fingerprint density at radius 1 is 1.17 bits per heavy atom. The van der Waals surface area contributed by atoms with E-state index >= 15 is 0 Å². The lowest BCUT2D eigenvalue weighted by Crippen LogP contribution is -2.41. The summed E-state index contributed by atoms with van der Waals surface area (Å²) in [6.45, 7) is 3.22. The molecular weight excluding hydrogens is 406 g/mol. The second kappa shape index (κ2) is 9.43. The Balaban J connectivity index is 1.29. The summed E-state index contributed by atoms with van der Waals surface area (Å²) in [5.41, 5.74) is 1.86. The molecule has 2 N–H and O–H groups in total. The maximum Gasteiger partial charge on any atom is 0.315 e. The van der Waals surface area contributed by atoms with Crippen LogP contribution in [0.3, 0.4) is 0 Å². The largest absolute Gasteiger partial charge is 0.336 e. The van der Waals surface area contributed by atoms with Crippen LogP contribution in [0.1, 0.15) is 29.3 Å². The minimum absolute atomic E-state index is 0.162. The van der Waals surface area contributed by atoms with Crippen LogP contribution >= 0.6 is 22.9 Å². The lowest BCUT2D eigenvalue weighted by atomic mass is 10.2. The zero-order chi connectivity index (χ0) is 20.1. The van der Waals surface area contributed by atoms with Crippen LogP contribution in [-0.2, 0) is 6.54 Å². The van der Waals surface area contributed by atoms with Crippen LogP contribution in [0.25, 0.3) is 5.69 Å². The Hall–Kier alpha value is -2.35. The van der Waals surface area contributed by atoms with Gasteiger partial charge in [-0.15, -0.1) is 11.3 Å². The number of hydrogen-bond donors (Lipinski definition) is 2. The smallest absolute Gasteiger partial charge is 0.315 e. The Morgan fingerprint density at radius 3 is 2.69 bits per heavy atom. The quantitative estimate of drug-likeness (QED) is 0.591. The number of carbonyl (C=O) groups excluding carboxylic acids is 1. The molecule has 1 atom stereocenters. The van der Waals surface area contributed by atoms with Gasteiger partial charge >= 0.3 is 6.03 Å². The molecule has 3 heterocycles. The first-order chi connectivity index (χ1) is 14.2. The number of amides is 2. The van der Waals surface area contributed by atoms with Crippen LogP contribution in [0.4, 0.5) is 4.79 Å². The minimum atomic E-state index is -0.162. The molecular formula is C21H24ClN5OS. The van der Waals surface area contributed by atoms with Crippen molar-refractivity contribution in [3.8, 4) is 5.69 Å². The van der Waals surface area contributed by atoms with Crippen molar-refractivity contribution in [3.63, 3.8) is 0 Å². The number of thiophene rings is 1. The van der Waals surface area contributed by atoms with Crippen LogP contribution in [-0.4, -0.2) is 40.3 Å². The van der Waals surface area contributed by atoms with Crippen LogP contribution in [0.2, 0.25) is 5.02 Å². The van der Waals surface area contributed by atoms with Crippen LogP contribution in [0, 0.1) is 0 Å². The van der Waals surface area contributed by atoms with Gasteiger partial charge in [0.15, 0.2) is 0 Å². The van der Waals surface area contributed by atoms with Gasteiger partial charge in [-0.3, -0.25) is 4.90 Å². The second-order valence-electron chi connectivity index (χ2n) is 7.11. The van der Waals surface area contributed by atoms with E-state index in [-0.39, 0.29) is 12.1 Å². The summed E-state index contributed by atoms with van der Waals surface area (Å²) in [6.07, 6.45) is 6.12. The predicted molar refractivity (Wildman–Crippen MR) is 117 cm³/mol. The van der Waals surface area contributed by atoms with Crippen molar-refractivity contribution in [3.05, 3.63) is 69.6 Å². The number of hydrogen-bond acceptors (Lipinski definition) is 4. The van der Waals surface area contributed by atoms with E-state index in [4.69, 9.17) is 11.6 Å². The van der Waals surface area contributed by atoms with Gasteiger partial charge in [0.05, 0.1) is 17.9 Å². The molecule has 0 saturated carbocycles. The summed E-state index contributed by atoms with van der Waals surface area (Å²) in [7, 11) is 0. The van der Waals surface area contributed by atoms with Crippen molar-refractivity contribution in [1.82, 2.24) is 25.3 Å². The Kier molecular flexibility index (Phi) is 6.49. The monoisotopic (exact) mass is 429 g/mol. The zero-order valence-corrected chi connectivity index (χ0v) is 17.6. The van der Waals surface area contributed by atoms with Crippen molar-refractivity contribution in [1.29, 1.82) is 0 Å². The van der Waals surface area contributed by atoms with E-state index in [1.807, 2.05) is 30.5 Å². The number of carbonyl (C=O) groups is 1. The maximum atomic E-state index is 12.3. The molecule has 2 amide bonds. The first kappa shape index (κ1) is 19.9. The third-order valence-electron chi connectivity index (χ3n) is 5.09. The number of urea groups is 1. The van der Waals surface area contributed by atoms with Crippen LogP contribution < -0.4 is 10.6 Å². The first-order valence-corrected chi connectivity index (χ1v) is 11.0. The van der Waals surface area contributed by atoms with E-state index in [0.717, 1.165) is 24.3 Å². The SMILES string of the molecule is O=C(NCc1cnn(-c2ccc(Cl)cc2)c1)NCC(c1cccs1)N1CCCC1. The van der Waals surface area contributed by atoms with Gasteiger partial charge in [0.25, 0.3) is 0 Å². The molecule has 0 spiro atoms. The number of aromatic nitrogens is 2. The maximum absolute atomic E-state index is 12.3. The summed E-state index contributed by atoms with van der Waals surface area (Å²) in [5, 5.41) is 13.1. The molecule has 1 fully saturated rings. The predicted octanol–water partition coefficient (Wildman–Crippen LogP) is 4.22. The molecule has 1 aliphatic heterocycles. The fourth-order valence-electron chi connectivity index (χ4n) is 3.56. The molecule has 1 aromatic carbocycles. The zero-order valence-electron chi connectivity index (χ0n) is 16.1. The van der Waals surface area contributed by atoms with Crippen molar-refractivity contribution in [2.45, 2.75) is 25.4 Å². The van der Waals surface area contributed by atoms with Crippen LogP contribution in [0.15, 0.2) is 54.2 Å². The third kappa shape index (κ3) is 5.18. The van der Waals surface area contributed by atoms with E-state index in [0.29, 0.717) is 18.1 Å². The lowest BCUT2D eigenvalue weighted by Gasteiger charge is -2.26. The van der Waals surface area contributed by atoms with Crippen molar-refractivity contribution < 1.29 is 4.79 Å². The van der Waals surface area contributed by atoms with Gasteiger partial charge in [-0.2, -0.15) is 5.10 Å². The molecule has 2 aromatic heterocycles. The molecule has 8 heteroatoms. The first-order valence-electron chi connectivity index (χ1n) is 9.78. The summed E-state index contributed by atoms with van der Waals surface area (Å²) < 4.78 is 1.77. The fraction of sp³-hybridized carbons (Fsp3) is 0.333. The summed E-state index contributed by atoms with van der Waals surface area (Å²) in [5.74, 6) is 0. The van der Waals surface area contributed by atoms with E-state index < -0.39 is 0 Å². The number of nitrogens with zero attached hydrogens (tertiary/aromatic N) is 3. The molecule has 4 rings (SSSR count). The van der Waals surface area contributed by atoms with Gasteiger partial charge in [0, 0.05) is 34.7 Å². The second-order valence-corrected chi connectivity index (χ2v) is 8.52. The Labute approximate surface area is 179 Å². The lowest BCUT2D eigenvalue weighted by molar-refractivity contribution is 0.222. The molecule has 1 unspecified atom stereocenters. The molecule has 0 bridgehead atoms. The minimum Gasteiger partial charge on any atom is -0.336 e. The van der Waals surface area contributed by atoms with Gasteiger partial charge < -0.3 is 10.6 Å². The summed E-state index contributed by atoms with van der Waals surface area (Å²) in [4.78, 5) is 16.1. The fourth-order valence-corrected chi connectivity index (χ4v) is 4.55. The van der Waals surface area contributed by atoms with E-state index in [1.54, 1.807) is 22.2 Å². The molecule has 152 valence electrons. The highest BCUT2D eigenvalue weighted by Gasteiger charge is 2.24. The molecule has 6 nitrogen and oxygen atoms in total. The molecule has 0 aliphatic carbocycles. The van der Waals surface area contributed by atoms with E-state index in [9.17, 15) is 4.79 Å². The molecule has 0 radical (unpaired) electrons. The van der Waals surface area contributed by atoms with E-state index in [2.05, 4.69) is 38.1 Å². The average molecular weight is 430 g/mol. The van der Waals surface area contributed by atoms with Crippen LogP contribution in [0.5, 0.6) is 0 Å². The average Bonchev–Trinajstić information content (AvgIpc) is 3.50. The van der Waals surface area contributed by atoms with Gasteiger partial charge in [0.1, 0.15) is 0 Å². The highest BCUT2D eigenvalue weighted by molar-refractivity contribution is 7.10. The summed E-state index contributed by atoms with van der Waals surface area (Å²) in [6, 6.07) is 11.8. The molecule has 3 aromatic rings. The van der Waals surface area contributed by atoms with Crippen molar-refractivity contribution in [2.24, 2.45) is 0 Å². The normalized spacial score (nSPS) is 15.3. The molecule has 1 saturated heterocycles. The third-order valence-corrected chi connectivity index (χ3v) is 6.31. The number of halogens is 1. The van der Waals surface area contributed by atoms with Gasteiger partial charge in [0.2, 0.25) is 0 Å². The highest BCUT2D eigenvalue weighted by Crippen LogP contribution is 2.27. The van der Waals surface area contributed by atoms with Gasteiger partial charge in [-0.25, -0.2) is 9.48 Å². The number of likely N-dealkylation sites (tertiary alicyclic amines) is 1. The number of rotatable bonds is 7. The van der Waals surface area contributed by atoms with Gasteiger partial charge in [-0.1, -0.05) is 17.7 Å². The molecule has 29 heavy (non-hydrogen) atoms. The Bertz CT molecular complexity index is 919. The van der Waals surface area contributed by atoms with E-state index in [1.165, 1.54) is 17.7 Å². The van der Waals surface area contributed by atoms with Gasteiger partial charge in [-0.05, 0) is 61.6 Å².